The lowest BCUT2D eigenvalue weighted by atomic mass is 9.98. The van der Waals surface area contributed by atoms with Crippen LogP contribution in [0, 0.1) is 0 Å². The molecule has 0 saturated carbocycles. The molecular weight excluding hydrogens is 246 g/mol. The summed E-state index contributed by atoms with van der Waals surface area (Å²) in [6.07, 6.45) is 4.91. The van der Waals surface area contributed by atoms with Crippen LogP contribution < -0.4 is 11.5 Å². The van der Waals surface area contributed by atoms with Crippen LogP contribution in [0.3, 0.4) is 0 Å². The lowest BCUT2D eigenvalue weighted by molar-refractivity contribution is 0.695. The van der Waals surface area contributed by atoms with Crippen molar-refractivity contribution in [2.24, 2.45) is 5.73 Å². The van der Waals surface area contributed by atoms with E-state index in [4.69, 9.17) is 11.5 Å². The molecule has 1 atom stereocenters. The summed E-state index contributed by atoms with van der Waals surface area (Å²) in [4.78, 5) is 4.57. The van der Waals surface area contributed by atoms with Crippen LogP contribution in [0.15, 0.2) is 36.5 Å². The van der Waals surface area contributed by atoms with Gasteiger partial charge in [-0.05, 0) is 42.2 Å². The average Bonchev–Trinajstić information content (AvgIpc) is 2.47. The molecule has 0 bridgehead atoms. The lowest BCUT2D eigenvalue weighted by Crippen LogP contribution is -2.08. The van der Waals surface area contributed by atoms with Gasteiger partial charge in [0.15, 0.2) is 0 Å². The van der Waals surface area contributed by atoms with E-state index in [2.05, 4.69) is 37.0 Å². The Bertz CT molecular complexity index is 561. The van der Waals surface area contributed by atoms with Crippen molar-refractivity contribution in [2.75, 3.05) is 5.73 Å². The van der Waals surface area contributed by atoms with Crippen molar-refractivity contribution in [3.8, 4) is 11.3 Å². The first-order valence-electron chi connectivity index (χ1n) is 7.26. The van der Waals surface area contributed by atoms with Gasteiger partial charge in [0.2, 0.25) is 0 Å². The van der Waals surface area contributed by atoms with E-state index in [1.54, 1.807) is 0 Å². The molecule has 3 nitrogen and oxygen atoms in total. The van der Waals surface area contributed by atoms with Crippen LogP contribution in [0.5, 0.6) is 0 Å². The third-order valence-corrected chi connectivity index (χ3v) is 3.58. The molecule has 1 aromatic heterocycles. The zero-order valence-corrected chi connectivity index (χ0v) is 12.3. The fourth-order valence-corrected chi connectivity index (χ4v) is 2.36. The number of nitrogen functional groups attached to an aromatic ring is 1. The van der Waals surface area contributed by atoms with Gasteiger partial charge in [0.05, 0.1) is 5.69 Å². The van der Waals surface area contributed by atoms with Crippen molar-refractivity contribution >= 4 is 5.69 Å². The Morgan fingerprint density at radius 3 is 2.55 bits per heavy atom. The van der Waals surface area contributed by atoms with Crippen molar-refractivity contribution in [1.82, 2.24) is 4.98 Å². The smallest absolute Gasteiger partial charge is 0.0704 e. The Balaban J connectivity index is 2.36. The Morgan fingerprint density at radius 2 is 1.95 bits per heavy atom. The van der Waals surface area contributed by atoms with E-state index < -0.39 is 0 Å². The van der Waals surface area contributed by atoms with Gasteiger partial charge in [-0.1, -0.05) is 32.4 Å². The molecule has 0 fully saturated rings. The van der Waals surface area contributed by atoms with Gasteiger partial charge >= 0.3 is 0 Å². The van der Waals surface area contributed by atoms with Crippen LogP contribution in [-0.2, 0) is 6.42 Å². The number of pyridine rings is 1. The highest BCUT2D eigenvalue weighted by Crippen LogP contribution is 2.26. The first-order chi connectivity index (χ1) is 9.65. The molecule has 2 rings (SSSR count). The molecule has 0 aliphatic carbocycles. The van der Waals surface area contributed by atoms with E-state index >= 15 is 0 Å². The molecular formula is C17H23N3. The van der Waals surface area contributed by atoms with E-state index in [9.17, 15) is 0 Å². The maximum atomic E-state index is 6.02. The van der Waals surface area contributed by atoms with Gasteiger partial charge in [-0.25, -0.2) is 0 Å². The van der Waals surface area contributed by atoms with Crippen LogP contribution >= 0.6 is 0 Å². The standard InChI is InChI=1S/C17H23N3/c1-3-5-12-10-14(18)7-8-15(12)17-9-6-13(11-20-17)16(19)4-2/h6-11,16H,3-5,18-19H2,1-2H3. The molecule has 3 heteroatoms. The predicted molar refractivity (Wildman–Crippen MR) is 85.3 cm³/mol. The third-order valence-electron chi connectivity index (χ3n) is 3.58. The minimum Gasteiger partial charge on any atom is -0.399 e. The van der Waals surface area contributed by atoms with Gasteiger partial charge in [-0.2, -0.15) is 0 Å². The number of nitrogens with zero attached hydrogens (tertiary/aromatic N) is 1. The monoisotopic (exact) mass is 269 g/mol. The zero-order valence-electron chi connectivity index (χ0n) is 12.3. The number of aryl methyl sites for hydroxylation is 1. The normalized spacial score (nSPS) is 12.3. The van der Waals surface area contributed by atoms with Gasteiger partial charge in [0.1, 0.15) is 0 Å². The van der Waals surface area contributed by atoms with Crippen molar-refractivity contribution in [1.29, 1.82) is 0 Å². The number of benzene rings is 1. The largest absolute Gasteiger partial charge is 0.399 e. The first-order valence-corrected chi connectivity index (χ1v) is 7.26. The van der Waals surface area contributed by atoms with E-state index in [1.165, 1.54) is 5.56 Å². The van der Waals surface area contributed by atoms with Crippen molar-refractivity contribution in [2.45, 2.75) is 39.2 Å². The number of nitrogens with two attached hydrogens (primary N) is 2. The summed E-state index contributed by atoms with van der Waals surface area (Å²) in [7, 11) is 0. The molecule has 0 saturated heterocycles. The van der Waals surface area contributed by atoms with Crippen molar-refractivity contribution in [3.63, 3.8) is 0 Å². The molecule has 1 unspecified atom stereocenters. The summed E-state index contributed by atoms with van der Waals surface area (Å²) < 4.78 is 0. The molecule has 2 aromatic rings. The molecule has 1 aromatic carbocycles. The molecule has 0 spiro atoms. The van der Waals surface area contributed by atoms with Crippen LogP contribution in [0.25, 0.3) is 11.3 Å². The minimum absolute atomic E-state index is 0.0677. The number of aromatic nitrogens is 1. The zero-order chi connectivity index (χ0) is 14.5. The van der Waals surface area contributed by atoms with Gasteiger partial charge in [-0.3, -0.25) is 4.98 Å². The Kier molecular flexibility index (Phi) is 4.74. The Labute approximate surface area is 121 Å². The van der Waals surface area contributed by atoms with Crippen molar-refractivity contribution in [3.05, 3.63) is 47.7 Å². The molecule has 0 radical (unpaired) electrons. The van der Waals surface area contributed by atoms with Gasteiger partial charge in [0.25, 0.3) is 0 Å². The van der Waals surface area contributed by atoms with Crippen LogP contribution in [0.2, 0.25) is 0 Å². The van der Waals surface area contributed by atoms with Crippen LogP contribution in [0.4, 0.5) is 5.69 Å². The molecule has 4 N–H and O–H groups in total. The summed E-state index contributed by atoms with van der Waals surface area (Å²) in [5, 5.41) is 0. The van der Waals surface area contributed by atoms with Gasteiger partial charge in [-0.15, -0.1) is 0 Å². The summed E-state index contributed by atoms with van der Waals surface area (Å²) in [5.74, 6) is 0. The molecule has 0 aliphatic rings. The van der Waals surface area contributed by atoms with Gasteiger partial charge in [0, 0.05) is 23.5 Å². The Hall–Kier alpha value is -1.87. The SMILES string of the molecule is CCCc1cc(N)ccc1-c1ccc(C(N)CC)cn1. The highest BCUT2D eigenvalue weighted by Gasteiger charge is 2.08. The van der Waals surface area contributed by atoms with Crippen LogP contribution in [-0.4, -0.2) is 4.98 Å². The molecule has 20 heavy (non-hydrogen) atoms. The van der Waals surface area contributed by atoms with E-state index in [1.807, 2.05) is 18.3 Å². The van der Waals surface area contributed by atoms with Crippen LogP contribution in [0.1, 0.15) is 43.9 Å². The second kappa shape index (κ2) is 6.53. The van der Waals surface area contributed by atoms with Gasteiger partial charge < -0.3 is 11.5 Å². The molecule has 1 heterocycles. The molecule has 0 aliphatic heterocycles. The number of hydrogen-bond donors (Lipinski definition) is 2. The predicted octanol–water partition coefficient (Wildman–Crippen LogP) is 3.69. The maximum Gasteiger partial charge on any atom is 0.0704 e. The second-order valence-corrected chi connectivity index (χ2v) is 5.16. The highest BCUT2D eigenvalue weighted by molar-refractivity contribution is 5.67. The topological polar surface area (TPSA) is 64.9 Å². The lowest BCUT2D eigenvalue weighted by Gasteiger charge is -2.12. The molecule has 106 valence electrons. The number of anilines is 1. The average molecular weight is 269 g/mol. The summed E-state index contributed by atoms with van der Waals surface area (Å²) >= 11 is 0. The second-order valence-electron chi connectivity index (χ2n) is 5.16. The quantitative estimate of drug-likeness (QED) is 0.813. The van der Waals surface area contributed by atoms with E-state index in [-0.39, 0.29) is 6.04 Å². The fourth-order valence-electron chi connectivity index (χ4n) is 2.36. The fraction of sp³-hybridized carbons (Fsp3) is 0.353. The molecule has 0 amide bonds. The van der Waals surface area contributed by atoms with Crippen molar-refractivity contribution < 1.29 is 0 Å². The first kappa shape index (κ1) is 14.5. The number of hydrogen-bond acceptors (Lipinski definition) is 3. The third kappa shape index (κ3) is 3.17. The van der Waals surface area contributed by atoms with E-state index in [0.29, 0.717) is 0 Å². The minimum atomic E-state index is 0.0677. The summed E-state index contributed by atoms with van der Waals surface area (Å²) in [6, 6.07) is 10.2. The Morgan fingerprint density at radius 1 is 1.15 bits per heavy atom. The highest BCUT2D eigenvalue weighted by atomic mass is 14.7. The number of rotatable bonds is 5. The summed E-state index contributed by atoms with van der Waals surface area (Å²) in [6.45, 7) is 4.25. The van der Waals surface area contributed by atoms with E-state index in [0.717, 1.165) is 41.8 Å². The maximum absolute atomic E-state index is 6.02. The summed E-state index contributed by atoms with van der Waals surface area (Å²) in [5.41, 5.74) is 17.2.